The molecule has 1 unspecified atom stereocenters. The first-order valence-electron chi connectivity index (χ1n) is 7.70. The van der Waals surface area contributed by atoms with E-state index in [1.165, 1.54) is 6.07 Å². The Hall–Kier alpha value is -1.13. The van der Waals surface area contributed by atoms with Gasteiger partial charge in [0.15, 0.2) is 11.6 Å². The minimum absolute atomic E-state index is 0.0977. The number of aryl methyl sites for hydroxylation is 1. The lowest BCUT2D eigenvalue weighted by Gasteiger charge is -2.34. The number of aliphatic hydroxyl groups excluding tert-OH is 1. The van der Waals surface area contributed by atoms with Crippen LogP contribution in [0.3, 0.4) is 0 Å². The lowest BCUT2D eigenvalue weighted by molar-refractivity contribution is 0.129. The van der Waals surface area contributed by atoms with Gasteiger partial charge in [-0.05, 0) is 43.9 Å². The molecule has 3 nitrogen and oxygen atoms in total. The number of hydrogen-bond donors (Lipinski definition) is 2. The van der Waals surface area contributed by atoms with Crippen molar-refractivity contribution < 1.29 is 14.2 Å². The van der Waals surface area contributed by atoms with Crippen LogP contribution in [0, 0.1) is 12.7 Å². The zero-order chi connectivity index (χ0) is 15.9. The number of benzene rings is 1. The van der Waals surface area contributed by atoms with E-state index in [1.807, 2.05) is 6.92 Å². The standard InChI is InChI=1S/C17H28FNO2/c1-5-17(12-20,19-13(2)3)9-6-10-21-16-11-14(4)7-8-15(16)18/h7-8,11,13,19-20H,5-6,9-10,12H2,1-4H3. The molecule has 4 heteroatoms. The van der Waals surface area contributed by atoms with Gasteiger partial charge in [0.25, 0.3) is 0 Å². The third kappa shape index (κ3) is 5.64. The first-order chi connectivity index (χ1) is 9.92. The minimum Gasteiger partial charge on any atom is -0.491 e. The van der Waals surface area contributed by atoms with Crippen LogP contribution >= 0.6 is 0 Å². The van der Waals surface area contributed by atoms with E-state index in [0.717, 1.165) is 24.8 Å². The molecule has 0 saturated carbocycles. The lowest BCUT2D eigenvalue weighted by Crippen LogP contribution is -2.51. The highest BCUT2D eigenvalue weighted by molar-refractivity contribution is 5.29. The third-order valence-corrected chi connectivity index (χ3v) is 3.72. The van der Waals surface area contributed by atoms with E-state index in [2.05, 4.69) is 26.1 Å². The Balaban J connectivity index is 2.49. The highest BCUT2D eigenvalue weighted by Crippen LogP contribution is 2.21. The predicted octanol–water partition coefficient (Wildman–Crippen LogP) is 3.43. The summed E-state index contributed by atoms with van der Waals surface area (Å²) in [5.74, 6) is -0.0252. The van der Waals surface area contributed by atoms with Crippen LogP contribution < -0.4 is 10.1 Å². The average molecular weight is 297 g/mol. The van der Waals surface area contributed by atoms with E-state index in [-0.39, 0.29) is 18.0 Å². The minimum atomic E-state index is -0.329. The maximum Gasteiger partial charge on any atom is 0.165 e. The molecule has 0 aliphatic rings. The number of hydrogen-bond acceptors (Lipinski definition) is 3. The van der Waals surface area contributed by atoms with Crippen LogP contribution in [0.1, 0.15) is 45.6 Å². The molecule has 1 aromatic rings. The van der Waals surface area contributed by atoms with Gasteiger partial charge in [-0.3, -0.25) is 0 Å². The zero-order valence-corrected chi connectivity index (χ0v) is 13.6. The lowest BCUT2D eigenvalue weighted by atomic mass is 9.90. The largest absolute Gasteiger partial charge is 0.491 e. The smallest absolute Gasteiger partial charge is 0.165 e. The van der Waals surface area contributed by atoms with E-state index in [4.69, 9.17) is 4.74 Å². The molecule has 0 fully saturated rings. The number of ether oxygens (including phenoxy) is 1. The van der Waals surface area contributed by atoms with Gasteiger partial charge in [-0.15, -0.1) is 0 Å². The van der Waals surface area contributed by atoms with Gasteiger partial charge in [0, 0.05) is 11.6 Å². The molecule has 0 amide bonds. The van der Waals surface area contributed by atoms with Gasteiger partial charge in [-0.1, -0.05) is 26.8 Å². The summed E-state index contributed by atoms with van der Waals surface area (Å²) < 4.78 is 19.1. The van der Waals surface area contributed by atoms with Gasteiger partial charge in [0.1, 0.15) is 0 Å². The molecule has 0 aliphatic carbocycles. The molecule has 0 bridgehead atoms. The Kier molecular flexibility index (Phi) is 7.12. The van der Waals surface area contributed by atoms with E-state index >= 15 is 0 Å². The first-order valence-corrected chi connectivity index (χ1v) is 7.70. The average Bonchev–Trinajstić information content (AvgIpc) is 2.45. The molecule has 1 atom stereocenters. The molecule has 0 saturated heterocycles. The second-order valence-corrected chi connectivity index (χ2v) is 5.98. The molecule has 1 rings (SSSR count). The van der Waals surface area contributed by atoms with Crippen molar-refractivity contribution in [3.8, 4) is 5.75 Å². The second-order valence-electron chi connectivity index (χ2n) is 5.98. The van der Waals surface area contributed by atoms with Gasteiger partial charge in [-0.2, -0.15) is 0 Å². The Labute approximate surface area is 127 Å². The summed E-state index contributed by atoms with van der Waals surface area (Å²) in [5.41, 5.74) is 0.703. The molecule has 2 N–H and O–H groups in total. The molecule has 0 aliphatic heterocycles. The summed E-state index contributed by atoms with van der Waals surface area (Å²) in [4.78, 5) is 0. The second kappa shape index (κ2) is 8.35. The normalized spacial score (nSPS) is 14.2. The van der Waals surface area contributed by atoms with Crippen LogP contribution in [0.5, 0.6) is 5.75 Å². The van der Waals surface area contributed by atoms with Crippen molar-refractivity contribution in [3.63, 3.8) is 0 Å². The van der Waals surface area contributed by atoms with Crippen LogP contribution in [-0.4, -0.2) is 29.9 Å². The highest BCUT2D eigenvalue weighted by atomic mass is 19.1. The van der Waals surface area contributed by atoms with Crippen LogP contribution in [0.15, 0.2) is 18.2 Å². The molecule has 21 heavy (non-hydrogen) atoms. The Morgan fingerprint density at radius 1 is 1.38 bits per heavy atom. The zero-order valence-electron chi connectivity index (χ0n) is 13.6. The maximum atomic E-state index is 13.6. The van der Waals surface area contributed by atoms with Gasteiger partial charge in [-0.25, -0.2) is 4.39 Å². The van der Waals surface area contributed by atoms with Gasteiger partial charge in [0.05, 0.1) is 13.2 Å². The summed E-state index contributed by atoms with van der Waals surface area (Å²) in [7, 11) is 0. The van der Waals surface area contributed by atoms with Gasteiger partial charge in [0.2, 0.25) is 0 Å². The molecule has 1 aromatic carbocycles. The number of nitrogens with one attached hydrogen (secondary N) is 1. The quantitative estimate of drug-likeness (QED) is 0.686. The summed E-state index contributed by atoms with van der Waals surface area (Å²) in [6, 6.07) is 5.17. The topological polar surface area (TPSA) is 41.5 Å². The molecule has 0 spiro atoms. The van der Waals surface area contributed by atoms with Crippen LogP contribution in [-0.2, 0) is 0 Å². The fraction of sp³-hybridized carbons (Fsp3) is 0.647. The Morgan fingerprint density at radius 2 is 2.10 bits per heavy atom. The molecular formula is C17H28FNO2. The number of aliphatic hydroxyl groups is 1. The maximum absolute atomic E-state index is 13.6. The summed E-state index contributed by atoms with van der Waals surface area (Å²) in [6.45, 7) is 8.65. The first kappa shape index (κ1) is 17.9. The molecule has 0 heterocycles. The Bertz CT molecular complexity index is 431. The fourth-order valence-electron chi connectivity index (χ4n) is 2.51. The number of rotatable bonds is 9. The van der Waals surface area contributed by atoms with Crippen molar-refractivity contribution in [2.75, 3.05) is 13.2 Å². The van der Waals surface area contributed by atoms with E-state index < -0.39 is 0 Å². The van der Waals surface area contributed by atoms with Crippen LogP contribution in [0.2, 0.25) is 0 Å². The van der Waals surface area contributed by atoms with Crippen molar-refractivity contribution in [2.45, 2.75) is 58.5 Å². The van der Waals surface area contributed by atoms with Crippen LogP contribution in [0.25, 0.3) is 0 Å². The monoisotopic (exact) mass is 297 g/mol. The third-order valence-electron chi connectivity index (χ3n) is 3.72. The molecule has 0 aromatic heterocycles. The van der Waals surface area contributed by atoms with Gasteiger partial charge < -0.3 is 15.2 Å². The van der Waals surface area contributed by atoms with Crippen molar-refractivity contribution in [1.82, 2.24) is 5.32 Å². The van der Waals surface area contributed by atoms with Crippen molar-refractivity contribution in [3.05, 3.63) is 29.6 Å². The highest BCUT2D eigenvalue weighted by Gasteiger charge is 2.27. The number of halogens is 1. The molecular weight excluding hydrogens is 269 g/mol. The van der Waals surface area contributed by atoms with Crippen molar-refractivity contribution in [2.24, 2.45) is 0 Å². The van der Waals surface area contributed by atoms with Gasteiger partial charge >= 0.3 is 0 Å². The van der Waals surface area contributed by atoms with Crippen molar-refractivity contribution >= 4 is 0 Å². The summed E-state index contributed by atoms with van der Waals surface area (Å²) >= 11 is 0. The van der Waals surface area contributed by atoms with Crippen LogP contribution in [0.4, 0.5) is 4.39 Å². The SMILES string of the molecule is CCC(CO)(CCCOc1cc(C)ccc1F)NC(C)C. The fourth-order valence-corrected chi connectivity index (χ4v) is 2.51. The van der Waals surface area contributed by atoms with Crippen molar-refractivity contribution in [1.29, 1.82) is 0 Å². The van der Waals surface area contributed by atoms with E-state index in [1.54, 1.807) is 12.1 Å². The Morgan fingerprint density at radius 3 is 2.67 bits per heavy atom. The molecule has 0 radical (unpaired) electrons. The molecule has 120 valence electrons. The van der Waals surface area contributed by atoms with E-state index in [9.17, 15) is 9.50 Å². The predicted molar refractivity (Wildman–Crippen MR) is 84.2 cm³/mol. The summed E-state index contributed by atoms with van der Waals surface area (Å²) in [6.07, 6.45) is 2.41. The van der Waals surface area contributed by atoms with E-state index in [0.29, 0.717) is 18.4 Å². The summed E-state index contributed by atoms with van der Waals surface area (Å²) in [5, 5.41) is 13.1.